The lowest BCUT2D eigenvalue weighted by molar-refractivity contribution is 0.0952. The quantitative estimate of drug-likeness (QED) is 0.211. The standard InChI is InChI=1S/C24H31BrN2O3/c1-3-4-5-6-7-8-9-16-30-21-13-10-19(11-14-21)18(2)26-27-24(29)22-17-20(25)12-15-23(22)28/h10-15,17,28H,3-9,16H2,1-2H3,(H,27,29)/b26-18+. The summed E-state index contributed by atoms with van der Waals surface area (Å²) in [5.74, 6) is 0.273. The van der Waals surface area contributed by atoms with Crippen LogP contribution in [-0.4, -0.2) is 23.3 Å². The largest absolute Gasteiger partial charge is 0.507 e. The van der Waals surface area contributed by atoms with Gasteiger partial charge in [-0.25, -0.2) is 5.43 Å². The second-order valence-corrected chi connectivity index (χ2v) is 8.21. The van der Waals surface area contributed by atoms with Gasteiger partial charge in [-0.15, -0.1) is 0 Å². The molecule has 0 aromatic heterocycles. The third kappa shape index (κ3) is 8.19. The lowest BCUT2D eigenvalue weighted by atomic mass is 10.1. The van der Waals surface area contributed by atoms with Crippen LogP contribution < -0.4 is 10.2 Å². The zero-order chi connectivity index (χ0) is 21.8. The molecule has 162 valence electrons. The molecule has 2 rings (SSSR count). The van der Waals surface area contributed by atoms with Crippen LogP contribution in [0.3, 0.4) is 0 Å². The molecular formula is C24H31BrN2O3. The van der Waals surface area contributed by atoms with Crippen LogP contribution in [0.4, 0.5) is 0 Å². The summed E-state index contributed by atoms with van der Waals surface area (Å²) in [6.45, 7) is 4.78. The predicted molar refractivity (Wildman–Crippen MR) is 125 cm³/mol. The number of halogens is 1. The molecule has 0 unspecified atom stereocenters. The molecule has 5 nitrogen and oxygen atoms in total. The van der Waals surface area contributed by atoms with Crippen LogP contribution in [0.5, 0.6) is 11.5 Å². The second kappa shape index (κ2) is 13.1. The first-order valence-corrected chi connectivity index (χ1v) is 11.4. The van der Waals surface area contributed by atoms with Gasteiger partial charge in [0.05, 0.1) is 17.9 Å². The summed E-state index contributed by atoms with van der Waals surface area (Å²) in [5, 5.41) is 14.0. The van der Waals surface area contributed by atoms with E-state index < -0.39 is 5.91 Å². The molecule has 0 aliphatic carbocycles. The molecule has 0 saturated heterocycles. The molecule has 0 bridgehead atoms. The summed E-state index contributed by atoms with van der Waals surface area (Å²) < 4.78 is 6.51. The smallest absolute Gasteiger partial charge is 0.275 e. The van der Waals surface area contributed by atoms with E-state index in [2.05, 4.69) is 33.4 Å². The Morgan fingerprint density at radius 3 is 2.40 bits per heavy atom. The fourth-order valence-electron chi connectivity index (χ4n) is 2.99. The zero-order valence-corrected chi connectivity index (χ0v) is 19.4. The fourth-order valence-corrected chi connectivity index (χ4v) is 3.35. The Labute approximate surface area is 187 Å². The fraction of sp³-hybridized carbons (Fsp3) is 0.417. The molecule has 30 heavy (non-hydrogen) atoms. The lowest BCUT2D eigenvalue weighted by Gasteiger charge is -2.08. The Morgan fingerprint density at radius 2 is 1.70 bits per heavy atom. The molecule has 0 aliphatic heterocycles. The molecule has 0 radical (unpaired) electrons. The van der Waals surface area contributed by atoms with Crippen LogP contribution in [0, 0.1) is 0 Å². The maximum absolute atomic E-state index is 12.2. The number of phenols is 1. The number of hydrazone groups is 1. The average molecular weight is 475 g/mol. The molecule has 0 spiro atoms. The number of nitrogens with one attached hydrogen (secondary N) is 1. The number of benzene rings is 2. The van der Waals surface area contributed by atoms with E-state index in [1.165, 1.54) is 44.6 Å². The number of phenolic OH excluding ortho intramolecular Hbond substituents is 1. The highest BCUT2D eigenvalue weighted by Gasteiger charge is 2.11. The molecule has 0 heterocycles. The van der Waals surface area contributed by atoms with E-state index in [0.29, 0.717) is 10.2 Å². The molecular weight excluding hydrogens is 444 g/mol. The number of unbranched alkanes of at least 4 members (excludes halogenated alkanes) is 6. The number of rotatable bonds is 12. The summed E-state index contributed by atoms with van der Waals surface area (Å²) in [6.07, 6.45) is 8.83. The second-order valence-electron chi connectivity index (χ2n) is 7.29. The monoisotopic (exact) mass is 474 g/mol. The molecule has 0 aliphatic rings. The van der Waals surface area contributed by atoms with Crippen molar-refractivity contribution in [1.82, 2.24) is 5.43 Å². The van der Waals surface area contributed by atoms with Gasteiger partial charge in [0.15, 0.2) is 0 Å². The molecule has 0 atom stereocenters. The number of amides is 1. The van der Waals surface area contributed by atoms with Crippen molar-refractivity contribution in [1.29, 1.82) is 0 Å². The number of aromatic hydroxyl groups is 1. The van der Waals surface area contributed by atoms with Crippen LogP contribution in [-0.2, 0) is 0 Å². The van der Waals surface area contributed by atoms with Crippen LogP contribution in [0.2, 0.25) is 0 Å². The highest BCUT2D eigenvalue weighted by Crippen LogP contribution is 2.21. The van der Waals surface area contributed by atoms with Crippen molar-refractivity contribution in [3.63, 3.8) is 0 Å². The average Bonchev–Trinajstić information content (AvgIpc) is 2.75. The summed E-state index contributed by atoms with van der Waals surface area (Å²) in [5.41, 5.74) is 4.19. The molecule has 6 heteroatoms. The summed E-state index contributed by atoms with van der Waals surface area (Å²) >= 11 is 3.29. The number of ether oxygens (including phenoxy) is 1. The third-order valence-electron chi connectivity index (χ3n) is 4.82. The zero-order valence-electron chi connectivity index (χ0n) is 17.8. The minimum Gasteiger partial charge on any atom is -0.507 e. The van der Waals surface area contributed by atoms with Crippen molar-refractivity contribution >= 4 is 27.5 Å². The maximum atomic E-state index is 12.2. The van der Waals surface area contributed by atoms with Crippen molar-refractivity contribution in [3.8, 4) is 11.5 Å². The molecule has 0 fully saturated rings. The first kappa shape index (κ1) is 23.9. The summed E-state index contributed by atoms with van der Waals surface area (Å²) in [7, 11) is 0. The molecule has 2 aromatic carbocycles. The Balaban J connectivity index is 1.78. The number of nitrogens with zero attached hydrogens (tertiary/aromatic N) is 1. The number of carbonyl (C=O) groups is 1. The molecule has 1 amide bonds. The topological polar surface area (TPSA) is 70.9 Å². The summed E-state index contributed by atoms with van der Waals surface area (Å²) in [4.78, 5) is 12.2. The predicted octanol–water partition coefficient (Wildman–Crippen LogP) is 6.44. The van der Waals surface area contributed by atoms with E-state index >= 15 is 0 Å². The first-order valence-electron chi connectivity index (χ1n) is 10.6. The van der Waals surface area contributed by atoms with Crippen molar-refractivity contribution in [2.75, 3.05) is 6.61 Å². The van der Waals surface area contributed by atoms with Crippen molar-refractivity contribution in [3.05, 3.63) is 58.1 Å². The highest BCUT2D eigenvalue weighted by molar-refractivity contribution is 9.10. The van der Waals surface area contributed by atoms with Crippen LogP contribution in [0.25, 0.3) is 0 Å². The number of hydrogen-bond donors (Lipinski definition) is 2. The minimum absolute atomic E-state index is 0.0917. The van der Waals surface area contributed by atoms with Crippen LogP contribution >= 0.6 is 15.9 Å². The Morgan fingerprint density at radius 1 is 1.03 bits per heavy atom. The van der Waals surface area contributed by atoms with E-state index in [0.717, 1.165) is 24.3 Å². The maximum Gasteiger partial charge on any atom is 0.275 e. The van der Waals surface area contributed by atoms with Crippen molar-refractivity contribution < 1.29 is 14.6 Å². The third-order valence-corrected chi connectivity index (χ3v) is 5.31. The molecule has 0 saturated carbocycles. The Hall–Kier alpha value is -2.34. The van der Waals surface area contributed by atoms with Gasteiger partial charge >= 0.3 is 0 Å². The summed E-state index contributed by atoms with van der Waals surface area (Å²) in [6, 6.07) is 12.3. The van der Waals surface area contributed by atoms with E-state index in [4.69, 9.17) is 4.74 Å². The van der Waals surface area contributed by atoms with Crippen LogP contribution in [0.15, 0.2) is 52.0 Å². The molecule has 2 aromatic rings. The van der Waals surface area contributed by atoms with E-state index in [9.17, 15) is 9.90 Å². The van der Waals surface area contributed by atoms with Gasteiger partial charge in [-0.1, -0.05) is 61.4 Å². The van der Waals surface area contributed by atoms with Gasteiger partial charge < -0.3 is 9.84 Å². The molecule has 2 N–H and O–H groups in total. The van der Waals surface area contributed by atoms with Crippen molar-refractivity contribution in [2.45, 2.75) is 58.8 Å². The van der Waals surface area contributed by atoms with Gasteiger partial charge in [0, 0.05) is 4.47 Å². The Kier molecular flexibility index (Phi) is 10.4. The Bertz CT molecular complexity index is 835. The van der Waals surface area contributed by atoms with Crippen LogP contribution in [0.1, 0.15) is 74.7 Å². The van der Waals surface area contributed by atoms with E-state index in [-0.39, 0.29) is 11.3 Å². The van der Waals surface area contributed by atoms with Gasteiger partial charge in [-0.3, -0.25) is 4.79 Å². The van der Waals surface area contributed by atoms with Gasteiger partial charge in [0.1, 0.15) is 11.5 Å². The normalized spacial score (nSPS) is 11.4. The van der Waals surface area contributed by atoms with E-state index in [1.807, 2.05) is 31.2 Å². The van der Waals surface area contributed by atoms with Crippen molar-refractivity contribution in [2.24, 2.45) is 5.10 Å². The minimum atomic E-state index is -0.470. The van der Waals surface area contributed by atoms with E-state index in [1.54, 1.807) is 12.1 Å². The van der Waals surface area contributed by atoms with Gasteiger partial charge in [0.2, 0.25) is 0 Å². The van der Waals surface area contributed by atoms with Gasteiger partial charge in [-0.05, 0) is 61.4 Å². The number of carbonyl (C=O) groups excluding carboxylic acids is 1. The SMILES string of the molecule is CCCCCCCCCOc1ccc(/C(C)=N/NC(=O)c2cc(Br)ccc2O)cc1. The van der Waals surface area contributed by atoms with Gasteiger partial charge in [0.25, 0.3) is 5.91 Å². The number of hydrogen-bond acceptors (Lipinski definition) is 4. The lowest BCUT2D eigenvalue weighted by Crippen LogP contribution is -2.19. The first-order chi connectivity index (χ1) is 14.5. The van der Waals surface area contributed by atoms with Gasteiger partial charge in [-0.2, -0.15) is 5.10 Å². The highest BCUT2D eigenvalue weighted by atomic mass is 79.9.